The number of rotatable bonds is 7. The van der Waals surface area contributed by atoms with E-state index in [9.17, 15) is 4.79 Å². The highest BCUT2D eigenvalue weighted by Gasteiger charge is 2.14. The lowest BCUT2D eigenvalue weighted by atomic mass is 10.1. The number of urea groups is 1. The van der Waals surface area contributed by atoms with Gasteiger partial charge in [-0.25, -0.2) is 9.78 Å². The third kappa shape index (κ3) is 3.87. The molecule has 0 bridgehead atoms. The summed E-state index contributed by atoms with van der Waals surface area (Å²) in [5.74, 6) is 2.36. The topological polar surface area (TPSA) is 122 Å². The van der Waals surface area contributed by atoms with Crippen LogP contribution in [0.15, 0.2) is 27.3 Å². The molecule has 0 saturated carbocycles. The lowest BCUT2D eigenvalue weighted by molar-refractivity contribution is 0.240. The molecule has 0 saturated heterocycles. The standard InChI is InChI=1S/C16H20N6O3/c1-3-11-10(12(4-2)25-22-11)8-17-16(23)18-9-14-19-15(21-20-14)13-6-5-7-24-13/h5-7H,3-4,8-9H2,1-2H3,(H2,17,18,23)(H,19,20,21). The number of carbonyl (C=O) groups excluding carboxylic acids is 1. The first-order valence-electron chi connectivity index (χ1n) is 8.14. The Bertz CT molecular complexity index is 799. The molecule has 0 aliphatic rings. The zero-order valence-electron chi connectivity index (χ0n) is 14.1. The molecular formula is C16H20N6O3. The van der Waals surface area contributed by atoms with Crippen LogP contribution in [-0.4, -0.2) is 26.4 Å². The zero-order chi connectivity index (χ0) is 17.6. The second kappa shape index (κ2) is 7.65. The van der Waals surface area contributed by atoms with Crippen molar-refractivity contribution in [3.8, 4) is 11.6 Å². The van der Waals surface area contributed by atoms with Crippen LogP contribution in [0.5, 0.6) is 0 Å². The van der Waals surface area contributed by atoms with E-state index < -0.39 is 0 Å². The number of aromatic nitrogens is 4. The molecule has 0 unspecified atom stereocenters. The van der Waals surface area contributed by atoms with Crippen molar-refractivity contribution in [3.63, 3.8) is 0 Å². The van der Waals surface area contributed by atoms with Gasteiger partial charge in [0.05, 0.1) is 18.5 Å². The quantitative estimate of drug-likeness (QED) is 0.604. The average molecular weight is 344 g/mol. The Morgan fingerprint density at radius 3 is 2.80 bits per heavy atom. The maximum atomic E-state index is 12.0. The zero-order valence-corrected chi connectivity index (χ0v) is 14.1. The second-order valence-corrected chi connectivity index (χ2v) is 5.36. The van der Waals surface area contributed by atoms with Gasteiger partial charge in [0.1, 0.15) is 11.6 Å². The minimum absolute atomic E-state index is 0.227. The highest BCUT2D eigenvalue weighted by molar-refractivity contribution is 5.73. The highest BCUT2D eigenvalue weighted by atomic mass is 16.5. The summed E-state index contributed by atoms with van der Waals surface area (Å²) in [5.41, 5.74) is 1.82. The third-order valence-electron chi connectivity index (χ3n) is 3.72. The first kappa shape index (κ1) is 16.7. The van der Waals surface area contributed by atoms with Gasteiger partial charge in [-0.1, -0.05) is 19.0 Å². The van der Waals surface area contributed by atoms with Crippen LogP contribution < -0.4 is 10.6 Å². The van der Waals surface area contributed by atoms with Gasteiger partial charge in [0.15, 0.2) is 5.76 Å². The van der Waals surface area contributed by atoms with Crippen LogP contribution in [-0.2, 0) is 25.9 Å². The molecule has 2 amide bonds. The molecule has 3 heterocycles. The van der Waals surface area contributed by atoms with E-state index in [2.05, 4.69) is 31.0 Å². The largest absolute Gasteiger partial charge is 0.461 e. The summed E-state index contributed by atoms with van der Waals surface area (Å²) in [6.45, 7) is 4.59. The van der Waals surface area contributed by atoms with Gasteiger partial charge in [-0.05, 0) is 18.6 Å². The van der Waals surface area contributed by atoms with Gasteiger partial charge in [0.2, 0.25) is 5.82 Å². The van der Waals surface area contributed by atoms with Crippen molar-refractivity contribution in [1.82, 2.24) is 31.0 Å². The smallest absolute Gasteiger partial charge is 0.315 e. The SMILES string of the molecule is CCc1noc(CC)c1CNC(=O)NCc1nc(-c2ccco2)n[nH]1. The van der Waals surface area contributed by atoms with Gasteiger partial charge in [-0.2, -0.15) is 0 Å². The van der Waals surface area contributed by atoms with E-state index in [1.54, 1.807) is 18.4 Å². The van der Waals surface area contributed by atoms with Crippen molar-refractivity contribution in [2.45, 2.75) is 39.8 Å². The van der Waals surface area contributed by atoms with Gasteiger partial charge >= 0.3 is 6.03 Å². The van der Waals surface area contributed by atoms with Gasteiger partial charge < -0.3 is 19.6 Å². The van der Waals surface area contributed by atoms with Crippen LogP contribution in [0.2, 0.25) is 0 Å². The van der Waals surface area contributed by atoms with Crippen molar-refractivity contribution in [2.24, 2.45) is 0 Å². The normalized spacial score (nSPS) is 10.8. The van der Waals surface area contributed by atoms with Gasteiger partial charge in [0.25, 0.3) is 0 Å². The first-order valence-corrected chi connectivity index (χ1v) is 8.14. The maximum Gasteiger partial charge on any atom is 0.315 e. The molecule has 0 aliphatic carbocycles. The summed E-state index contributed by atoms with van der Waals surface area (Å²) in [6, 6.07) is 3.22. The molecule has 3 aromatic rings. The fourth-order valence-corrected chi connectivity index (χ4v) is 2.42. The molecule has 0 aromatic carbocycles. The van der Waals surface area contributed by atoms with E-state index in [1.807, 2.05) is 13.8 Å². The average Bonchev–Trinajstić information content (AvgIpc) is 3.37. The Hall–Kier alpha value is -3.10. The number of hydrogen-bond donors (Lipinski definition) is 3. The Labute approximate surface area is 144 Å². The number of H-pyrrole nitrogens is 1. The number of amides is 2. The minimum Gasteiger partial charge on any atom is -0.461 e. The Kier molecular flexibility index (Phi) is 5.12. The highest BCUT2D eigenvalue weighted by Crippen LogP contribution is 2.15. The molecule has 9 nitrogen and oxygen atoms in total. The van der Waals surface area contributed by atoms with E-state index >= 15 is 0 Å². The lowest BCUT2D eigenvalue weighted by Gasteiger charge is -2.06. The summed E-state index contributed by atoms with van der Waals surface area (Å²) in [5, 5.41) is 16.4. The van der Waals surface area contributed by atoms with Crippen LogP contribution in [0, 0.1) is 0 Å². The summed E-state index contributed by atoms with van der Waals surface area (Å²) in [7, 11) is 0. The van der Waals surface area contributed by atoms with Gasteiger partial charge in [-0.15, -0.1) is 5.10 Å². The van der Waals surface area contributed by atoms with E-state index in [0.717, 1.165) is 29.9 Å². The predicted octanol–water partition coefficient (Wildman–Crippen LogP) is 2.18. The van der Waals surface area contributed by atoms with Crippen molar-refractivity contribution in [2.75, 3.05) is 0 Å². The Balaban J connectivity index is 1.51. The second-order valence-electron chi connectivity index (χ2n) is 5.36. The number of furan rings is 1. The fraction of sp³-hybridized carbons (Fsp3) is 0.375. The number of nitrogens with one attached hydrogen (secondary N) is 3. The number of aromatic amines is 1. The van der Waals surface area contributed by atoms with E-state index in [1.165, 1.54) is 0 Å². The number of hydrogen-bond acceptors (Lipinski definition) is 6. The molecule has 9 heteroatoms. The van der Waals surface area contributed by atoms with Gasteiger partial charge in [-0.3, -0.25) is 5.10 Å². The summed E-state index contributed by atoms with van der Waals surface area (Å²) in [6.07, 6.45) is 3.05. The van der Waals surface area contributed by atoms with Crippen molar-refractivity contribution < 1.29 is 13.7 Å². The molecule has 0 fully saturated rings. The summed E-state index contributed by atoms with van der Waals surface area (Å²) >= 11 is 0. The van der Waals surface area contributed by atoms with E-state index in [4.69, 9.17) is 8.94 Å². The van der Waals surface area contributed by atoms with Crippen molar-refractivity contribution in [1.29, 1.82) is 0 Å². The monoisotopic (exact) mass is 344 g/mol. The fourth-order valence-electron chi connectivity index (χ4n) is 2.42. The molecule has 3 aromatic heterocycles. The van der Waals surface area contributed by atoms with Crippen molar-refractivity contribution >= 4 is 6.03 Å². The molecule has 0 radical (unpaired) electrons. The molecule has 132 valence electrons. The predicted molar refractivity (Wildman–Crippen MR) is 88.4 cm³/mol. The van der Waals surface area contributed by atoms with Crippen LogP contribution in [0.4, 0.5) is 4.79 Å². The molecule has 3 rings (SSSR count). The molecule has 3 N–H and O–H groups in total. The van der Waals surface area contributed by atoms with Crippen LogP contribution in [0.1, 0.15) is 36.7 Å². The number of carbonyl (C=O) groups is 1. The van der Waals surface area contributed by atoms with E-state index in [-0.39, 0.29) is 12.6 Å². The Morgan fingerprint density at radius 2 is 2.08 bits per heavy atom. The van der Waals surface area contributed by atoms with Crippen LogP contribution >= 0.6 is 0 Å². The molecule has 0 atom stereocenters. The maximum absolute atomic E-state index is 12.0. The molecule has 0 aliphatic heterocycles. The third-order valence-corrected chi connectivity index (χ3v) is 3.72. The van der Waals surface area contributed by atoms with Crippen molar-refractivity contribution in [3.05, 3.63) is 41.2 Å². The summed E-state index contributed by atoms with van der Waals surface area (Å²) in [4.78, 5) is 16.3. The molecular weight excluding hydrogens is 324 g/mol. The van der Waals surface area contributed by atoms with Crippen LogP contribution in [0.3, 0.4) is 0 Å². The Morgan fingerprint density at radius 1 is 1.24 bits per heavy atom. The van der Waals surface area contributed by atoms with Gasteiger partial charge in [0, 0.05) is 18.5 Å². The molecule has 0 spiro atoms. The number of aryl methyl sites for hydroxylation is 2. The van der Waals surface area contributed by atoms with E-state index in [0.29, 0.717) is 24.0 Å². The minimum atomic E-state index is -0.304. The first-order chi connectivity index (χ1) is 12.2. The lowest BCUT2D eigenvalue weighted by Crippen LogP contribution is -2.35. The van der Waals surface area contributed by atoms with Crippen LogP contribution in [0.25, 0.3) is 11.6 Å². The number of nitrogens with zero attached hydrogens (tertiary/aromatic N) is 3. The molecule has 25 heavy (non-hydrogen) atoms. The summed E-state index contributed by atoms with van der Waals surface area (Å²) < 4.78 is 10.5.